The number of aryl methyl sites for hydroxylation is 2. The summed E-state index contributed by atoms with van der Waals surface area (Å²) in [6.45, 7) is 4.47. The first-order chi connectivity index (χ1) is 8.58. The number of rotatable bonds is 5. The first-order valence-corrected chi connectivity index (χ1v) is 7.02. The van der Waals surface area contributed by atoms with E-state index in [-0.39, 0.29) is 5.91 Å². The molecule has 18 heavy (non-hydrogen) atoms. The third-order valence-electron chi connectivity index (χ3n) is 2.57. The van der Waals surface area contributed by atoms with Gasteiger partial charge in [-0.25, -0.2) is 0 Å². The Morgan fingerprint density at radius 3 is 2.44 bits per heavy atom. The molecule has 0 heterocycles. The normalized spacial score (nSPS) is 9.89. The van der Waals surface area contributed by atoms with Gasteiger partial charge in [0.25, 0.3) is 0 Å². The van der Waals surface area contributed by atoms with E-state index >= 15 is 0 Å². The Morgan fingerprint density at radius 1 is 1.33 bits per heavy atom. The monoisotopic (exact) mass is 308 g/mol. The number of amides is 1. The Morgan fingerprint density at radius 2 is 1.94 bits per heavy atom. The van der Waals surface area contributed by atoms with Crippen LogP contribution in [0.5, 0.6) is 0 Å². The molecule has 0 spiro atoms. The van der Waals surface area contributed by atoms with E-state index in [2.05, 4.69) is 28.1 Å². The van der Waals surface area contributed by atoms with Crippen LogP contribution in [-0.2, 0) is 4.79 Å². The maximum atomic E-state index is 12.1. The van der Waals surface area contributed by atoms with E-state index in [0.29, 0.717) is 24.7 Å². The molecule has 0 aliphatic carbocycles. The summed E-state index contributed by atoms with van der Waals surface area (Å²) in [5.41, 5.74) is 3.13. The lowest BCUT2D eigenvalue weighted by Gasteiger charge is -2.22. The van der Waals surface area contributed by atoms with E-state index in [9.17, 15) is 4.79 Å². The molecule has 0 N–H and O–H groups in total. The van der Waals surface area contributed by atoms with Crippen LogP contribution in [0.3, 0.4) is 0 Å². The molecule has 1 rings (SSSR count). The van der Waals surface area contributed by atoms with Gasteiger partial charge in [0, 0.05) is 24.0 Å². The van der Waals surface area contributed by atoms with Crippen LogP contribution in [0.1, 0.15) is 24.0 Å². The molecular weight excluding hydrogens is 292 g/mol. The molecule has 0 aliphatic heterocycles. The van der Waals surface area contributed by atoms with Gasteiger partial charge < -0.3 is 4.90 Å². The van der Waals surface area contributed by atoms with Crippen LogP contribution in [0.15, 0.2) is 18.2 Å². The van der Waals surface area contributed by atoms with Gasteiger partial charge in [-0.05, 0) is 37.1 Å². The Bertz CT molecular complexity index is 445. The number of nitriles is 1. The fourth-order valence-electron chi connectivity index (χ4n) is 1.88. The average Bonchev–Trinajstić information content (AvgIpc) is 2.28. The van der Waals surface area contributed by atoms with Gasteiger partial charge in [-0.15, -0.1) is 0 Å². The number of anilines is 1. The summed E-state index contributed by atoms with van der Waals surface area (Å²) in [5, 5.41) is 9.32. The van der Waals surface area contributed by atoms with Crippen LogP contribution in [0.25, 0.3) is 0 Å². The number of halogens is 1. The van der Waals surface area contributed by atoms with Crippen molar-refractivity contribution < 1.29 is 4.79 Å². The summed E-state index contributed by atoms with van der Waals surface area (Å²) in [5.74, 6) is 0.0483. The number of hydrogen-bond acceptors (Lipinski definition) is 2. The SMILES string of the molecule is Cc1cc(C)cc(N(CCC#N)C(=O)CCBr)c1. The predicted octanol–water partition coefficient (Wildman–Crippen LogP) is 3.34. The third-order valence-corrected chi connectivity index (χ3v) is 2.97. The molecule has 1 amide bonds. The van der Waals surface area contributed by atoms with Gasteiger partial charge in [0.05, 0.1) is 12.5 Å². The lowest BCUT2D eigenvalue weighted by atomic mass is 10.1. The van der Waals surface area contributed by atoms with E-state index in [1.165, 1.54) is 0 Å². The number of carbonyl (C=O) groups excluding carboxylic acids is 1. The van der Waals surface area contributed by atoms with E-state index in [0.717, 1.165) is 16.8 Å². The second kappa shape index (κ2) is 7.17. The molecular formula is C14H17BrN2O. The molecule has 4 heteroatoms. The highest BCUT2D eigenvalue weighted by molar-refractivity contribution is 9.09. The molecule has 3 nitrogen and oxygen atoms in total. The van der Waals surface area contributed by atoms with Gasteiger partial charge in [-0.1, -0.05) is 22.0 Å². The van der Waals surface area contributed by atoms with E-state index in [1.54, 1.807) is 4.90 Å². The fraction of sp³-hybridized carbons (Fsp3) is 0.429. The standard InChI is InChI=1S/C14H17BrN2O/c1-11-8-12(2)10-13(9-11)17(7-3-6-16)14(18)4-5-15/h8-10H,3-5,7H2,1-2H3. The molecule has 0 unspecified atom stereocenters. The molecule has 0 bridgehead atoms. The smallest absolute Gasteiger partial charge is 0.227 e. The highest BCUT2D eigenvalue weighted by Crippen LogP contribution is 2.20. The van der Waals surface area contributed by atoms with Crippen molar-refractivity contribution in [3.8, 4) is 6.07 Å². The summed E-state index contributed by atoms with van der Waals surface area (Å²) in [4.78, 5) is 13.8. The largest absolute Gasteiger partial charge is 0.311 e. The minimum absolute atomic E-state index is 0.0483. The minimum Gasteiger partial charge on any atom is -0.311 e. The van der Waals surface area contributed by atoms with Crippen molar-refractivity contribution in [1.29, 1.82) is 5.26 Å². The Balaban J connectivity index is 3.01. The van der Waals surface area contributed by atoms with Crippen LogP contribution in [0, 0.1) is 25.2 Å². The number of nitrogens with zero attached hydrogens (tertiary/aromatic N) is 2. The maximum Gasteiger partial charge on any atom is 0.227 e. The maximum absolute atomic E-state index is 12.1. The second-order valence-corrected chi connectivity index (χ2v) is 5.03. The van der Waals surface area contributed by atoms with E-state index in [1.807, 2.05) is 26.0 Å². The summed E-state index contributed by atoms with van der Waals surface area (Å²) in [6, 6.07) is 8.12. The fourth-order valence-corrected chi connectivity index (χ4v) is 2.22. The van der Waals surface area contributed by atoms with Crippen LogP contribution < -0.4 is 4.90 Å². The number of hydrogen-bond donors (Lipinski definition) is 0. The van der Waals surface area contributed by atoms with E-state index in [4.69, 9.17) is 5.26 Å². The second-order valence-electron chi connectivity index (χ2n) is 4.24. The highest BCUT2D eigenvalue weighted by atomic mass is 79.9. The summed E-state index contributed by atoms with van der Waals surface area (Å²) < 4.78 is 0. The summed E-state index contributed by atoms with van der Waals surface area (Å²) in [7, 11) is 0. The third kappa shape index (κ3) is 4.15. The molecule has 0 aliphatic rings. The van der Waals surface area contributed by atoms with Crippen molar-refractivity contribution in [3.05, 3.63) is 29.3 Å². The van der Waals surface area contributed by atoms with Gasteiger partial charge in [0.15, 0.2) is 0 Å². The van der Waals surface area contributed by atoms with Crippen LogP contribution >= 0.6 is 15.9 Å². The van der Waals surface area contributed by atoms with Gasteiger partial charge in [0.2, 0.25) is 5.91 Å². The highest BCUT2D eigenvalue weighted by Gasteiger charge is 2.15. The molecule has 0 saturated carbocycles. The first-order valence-electron chi connectivity index (χ1n) is 5.90. The lowest BCUT2D eigenvalue weighted by Crippen LogP contribution is -2.32. The van der Waals surface area contributed by atoms with Crippen LogP contribution in [0.4, 0.5) is 5.69 Å². The molecule has 1 aromatic rings. The molecule has 1 aromatic carbocycles. The van der Waals surface area contributed by atoms with Gasteiger partial charge in [-0.3, -0.25) is 4.79 Å². The van der Waals surface area contributed by atoms with Gasteiger partial charge >= 0.3 is 0 Å². The summed E-state index contributed by atoms with van der Waals surface area (Å²) in [6.07, 6.45) is 0.791. The van der Waals surface area contributed by atoms with Gasteiger partial charge in [0.1, 0.15) is 0 Å². The average molecular weight is 309 g/mol. The van der Waals surface area contributed by atoms with Crippen LogP contribution in [-0.4, -0.2) is 17.8 Å². The molecule has 0 aromatic heterocycles. The topological polar surface area (TPSA) is 44.1 Å². The van der Waals surface area contributed by atoms with Crippen molar-refractivity contribution in [2.24, 2.45) is 0 Å². The summed E-state index contributed by atoms with van der Waals surface area (Å²) >= 11 is 3.28. The lowest BCUT2D eigenvalue weighted by molar-refractivity contribution is -0.118. The number of carbonyl (C=O) groups is 1. The minimum atomic E-state index is 0.0483. The molecule has 0 fully saturated rings. The van der Waals surface area contributed by atoms with Crippen molar-refractivity contribution in [2.45, 2.75) is 26.7 Å². The number of alkyl halides is 1. The first kappa shape index (κ1) is 14.7. The predicted molar refractivity (Wildman–Crippen MR) is 76.9 cm³/mol. The van der Waals surface area contributed by atoms with Crippen molar-refractivity contribution >= 4 is 27.5 Å². The molecule has 0 atom stereocenters. The quantitative estimate of drug-likeness (QED) is 0.783. The van der Waals surface area contributed by atoms with Crippen LogP contribution in [0.2, 0.25) is 0 Å². The van der Waals surface area contributed by atoms with Crippen molar-refractivity contribution in [1.82, 2.24) is 0 Å². The zero-order valence-electron chi connectivity index (χ0n) is 10.7. The Hall–Kier alpha value is -1.34. The zero-order chi connectivity index (χ0) is 13.5. The molecule has 0 radical (unpaired) electrons. The van der Waals surface area contributed by atoms with E-state index < -0.39 is 0 Å². The Labute approximate surface area is 117 Å². The van der Waals surface area contributed by atoms with Crippen molar-refractivity contribution in [2.75, 3.05) is 16.8 Å². The molecule has 96 valence electrons. The zero-order valence-corrected chi connectivity index (χ0v) is 12.3. The molecule has 0 saturated heterocycles. The Kier molecular flexibility index (Phi) is 5.87. The van der Waals surface area contributed by atoms with Crippen molar-refractivity contribution in [3.63, 3.8) is 0 Å². The van der Waals surface area contributed by atoms with Gasteiger partial charge in [-0.2, -0.15) is 5.26 Å². The number of benzene rings is 1.